The van der Waals surface area contributed by atoms with Crippen molar-refractivity contribution in [2.75, 3.05) is 18.8 Å². The highest BCUT2D eigenvalue weighted by Gasteiger charge is 2.42. The highest BCUT2D eigenvalue weighted by atomic mass is 32.2. The van der Waals surface area contributed by atoms with E-state index in [4.69, 9.17) is 4.99 Å². The first-order valence-corrected chi connectivity index (χ1v) is 11.5. The predicted molar refractivity (Wildman–Crippen MR) is 113 cm³/mol. The van der Waals surface area contributed by atoms with Gasteiger partial charge in [0, 0.05) is 17.7 Å². The van der Waals surface area contributed by atoms with Gasteiger partial charge in [0.05, 0.1) is 18.7 Å². The van der Waals surface area contributed by atoms with Gasteiger partial charge in [-0.2, -0.15) is 0 Å². The van der Waals surface area contributed by atoms with Gasteiger partial charge in [-0.3, -0.25) is 14.1 Å². The van der Waals surface area contributed by atoms with E-state index < -0.39 is 21.3 Å². The summed E-state index contributed by atoms with van der Waals surface area (Å²) in [6.07, 6.45) is 1.68. The van der Waals surface area contributed by atoms with E-state index in [0.29, 0.717) is 30.1 Å². The molecule has 0 N–H and O–H groups in total. The lowest BCUT2D eigenvalue weighted by Gasteiger charge is -2.39. The summed E-state index contributed by atoms with van der Waals surface area (Å²) < 4.78 is 34.7. The molecule has 0 saturated carbocycles. The SMILES string of the molecule is C[C@@]1(c2ccccc2F)C[S@@]2(=O)=NCCCCN2C(CC(=O)c2ccccc2)=N1. The van der Waals surface area contributed by atoms with Gasteiger partial charge in [-0.25, -0.2) is 13.0 Å². The fourth-order valence-corrected chi connectivity index (χ4v) is 6.58. The molecule has 0 radical (unpaired) electrons. The molecule has 0 bridgehead atoms. The Balaban J connectivity index is 1.81. The predicted octanol–water partition coefficient (Wildman–Crippen LogP) is 4.20. The van der Waals surface area contributed by atoms with E-state index in [-0.39, 0.29) is 18.0 Å². The van der Waals surface area contributed by atoms with E-state index in [1.54, 1.807) is 41.6 Å². The van der Waals surface area contributed by atoms with Crippen LogP contribution in [0.3, 0.4) is 0 Å². The molecule has 7 heteroatoms. The summed E-state index contributed by atoms with van der Waals surface area (Å²) in [6.45, 7) is 2.82. The van der Waals surface area contributed by atoms with Crippen LogP contribution in [-0.2, 0) is 15.5 Å². The smallest absolute Gasteiger partial charge is 0.170 e. The first kappa shape index (κ1) is 19.8. The van der Waals surface area contributed by atoms with Crippen LogP contribution in [0.5, 0.6) is 0 Å². The minimum Gasteiger partial charge on any atom is -0.294 e. The van der Waals surface area contributed by atoms with Gasteiger partial charge >= 0.3 is 0 Å². The average molecular weight is 414 g/mol. The first-order chi connectivity index (χ1) is 13.9. The molecule has 0 unspecified atom stereocenters. The number of amidine groups is 1. The largest absolute Gasteiger partial charge is 0.294 e. The van der Waals surface area contributed by atoms with Gasteiger partial charge < -0.3 is 0 Å². The van der Waals surface area contributed by atoms with E-state index in [0.717, 1.165) is 12.8 Å². The molecular formula is C22H24FN3O2S. The fraction of sp³-hybridized carbons (Fsp3) is 0.364. The summed E-state index contributed by atoms with van der Waals surface area (Å²) in [5.74, 6) is 0.0569. The number of carbonyl (C=O) groups excluding carboxylic acids is 1. The van der Waals surface area contributed by atoms with Gasteiger partial charge in [-0.05, 0) is 25.8 Å². The highest BCUT2D eigenvalue weighted by molar-refractivity contribution is 7.92. The third kappa shape index (κ3) is 3.83. The monoisotopic (exact) mass is 413 g/mol. The quantitative estimate of drug-likeness (QED) is 0.705. The molecular weight excluding hydrogens is 389 g/mol. The van der Waals surface area contributed by atoms with Crippen LogP contribution in [0.1, 0.15) is 42.1 Å². The zero-order valence-corrected chi connectivity index (χ0v) is 17.2. The van der Waals surface area contributed by atoms with E-state index in [1.165, 1.54) is 6.07 Å². The number of halogens is 1. The lowest BCUT2D eigenvalue weighted by Crippen LogP contribution is -2.49. The molecule has 29 heavy (non-hydrogen) atoms. The fourth-order valence-electron chi connectivity index (χ4n) is 3.98. The van der Waals surface area contributed by atoms with Crippen LogP contribution in [0.15, 0.2) is 64.0 Å². The number of benzene rings is 2. The number of rotatable bonds is 4. The molecule has 2 aromatic rings. The molecule has 0 aromatic heterocycles. The Bertz CT molecular complexity index is 1080. The zero-order chi connectivity index (χ0) is 20.5. The van der Waals surface area contributed by atoms with Gasteiger partial charge in [0.25, 0.3) is 0 Å². The molecule has 0 saturated heterocycles. The number of hydrogen-bond acceptors (Lipinski definition) is 4. The average Bonchev–Trinajstić information content (AvgIpc) is 2.90. The normalized spacial score (nSPS) is 26.7. The second-order valence-corrected chi connectivity index (χ2v) is 9.86. The van der Waals surface area contributed by atoms with Crippen LogP contribution >= 0.6 is 0 Å². The van der Waals surface area contributed by atoms with Crippen molar-refractivity contribution >= 4 is 21.5 Å². The third-order valence-corrected chi connectivity index (χ3v) is 8.01. The molecule has 2 aromatic carbocycles. The number of aliphatic imine (C=N–C) groups is 1. The molecule has 2 aliphatic heterocycles. The third-order valence-electron chi connectivity index (χ3n) is 5.41. The van der Waals surface area contributed by atoms with Crippen molar-refractivity contribution in [3.8, 4) is 0 Å². The molecule has 0 aliphatic carbocycles. The topological polar surface area (TPSA) is 62.1 Å². The summed E-state index contributed by atoms with van der Waals surface area (Å²) in [4.78, 5) is 17.7. The Morgan fingerprint density at radius 3 is 2.62 bits per heavy atom. The number of nitrogens with zero attached hydrogens (tertiary/aromatic N) is 3. The second kappa shape index (κ2) is 7.71. The summed E-state index contributed by atoms with van der Waals surface area (Å²) in [5.41, 5.74) is -0.0860. The first-order valence-electron chi connectivity index (χ1n) is 9.82. The van der Waals surface area contributed by atoms with Gasteiger partial charge in [-0.15, -0.1) is 0 Å². The van der Waals surface area contributed by atoms with E-state index in [1.807, 2.05) is 18.2 Å². The van der Waals surface area contributed by atoms with Crippen molar-refractivity contribution in [1.29, 1.82) is 0 Å². The number of carbonyl (C=O) groups is 1. The van der Waals surface area contributed by atoms with Crippen molar-refractivity contribution in [2.45, 2.75) is 31.7 Å². The lowest BCUT2D eigenvalue weighted by molar-refractivity contribution is 0.0998. The van der Waals surface area contributed by atoms with Crippen molar-refractivity contribution in [2.24, 2.45) is 9.36 Å². The minimum atomic E-state index is -2.81. The number of ketones is 1. The van der Waals surface area contributed by atoms with Crippen molar-refractivity contribution in [1.82, 2.24) is 4.31 Å². The molecule has 4 rings (SSSR count). The van der Waals surface area contributed by atoms with E-state index in [2.05, 4.69) is 4.36 Å². The van der Waals surface area contributed by atoms with Crippen LogP contribution in [-0.4, -0.2) is 39.0 Å². The Kier molecular flexibility index (Phi) is 5.25. The summed E-state index contributed by atoms with van der Waals surface area (Å²) in [6, 6.07) is 15.4. The second-order valence-electron chi connectivity index (χ2n) is 7.66. The maximum Gasteiger partial charge on any atom is 0.170 e. The van der Waals surface area contributed by atoms with Gasteiger partial charge in [-0.1, -0.05) is 48.5 Å². The molecule has 5 nitrogen and oxygen atoms in total. The Labute approximate surface area is 171 Å². The standard InChI is InChI=1S/C22H24FN3O2S/c1-22(18-11-5-6-12-19(18)23)16-29(28)24-13-7-8-14-26(29)21(25-22)15-20(27)17-9-3-2-4-10-17/h2-6,9-12H,7-8,13-16H2,1H3/t22-,29+/m0/s1. The van der Waals surface area contributed by atoms with Gasteiger partial charge in [0.2, 0.25) is 0 Å². The maximum atomic E-state index is 14.6. The van der Waals surface area contributed by atoms with Crippen molar-refractivity contribution < 1.29 is 13.4 Å². The molecule has 0 fully saturated rings. The van der Waals surface area contributed by atoms with Gasteiger partial charge in [0.1, 0.15) is 27.1 Å². The maximum absolute atomic E-state index is 14.6. The number of Topliss-reactive ketones (excluding diaryl/α,β-unsaturated/α-hetero) is 1. The molecule has 152 valence electrons. The zero-order valence-electron chi connectivity index (χ0n) is 16.4. The summed E-state index contributed by atoms with van der Waals surface area (Å²) >= 11 is 0. The summed E-state index contributed by atoms with van der Waals surface area (Å²) in [7, 11) is -2.81. The number of hydrogen-bond donors (Lipinski definition) is 0. The van der Waals surface area contributed by atoms with Crippen LogP contribution in [0, 0.1) is 5.82 Å². The highest BCUT2D eigenvalue weighted by Crippen LogP contribution is 2.36. The molecule has 2 aliphatic rings. The van der Waals surface area contributed by atoms with E-state index in [9.17, 15) is 13.4 Å². The Morgan fingerprint density at radius 1 is 1.14 bits per heavy atom. The Morgan fingerprint density at radius 2 is 1.86 bits per heavy atom. The van der Waals surface area contributed by atoms with Crippen LogP contribution in [0.25, 0.3) is 0 Å². The Hall–Kier alpha value is -2.54. The molecule has 0 spiro atoms. The minimum absolute atomic E-state index is 0.0145. The van der Waals surface area contributed by atoms with Crippen molar-refractivity contribution in [3.05, 3.63) is 71.5 Å². The lowest BCUT2D eigenvalue weighted by atomic mass is 9.94. The molecule has 2 heterocycles. The number of fused-ring (bicyclic) bond motifs is 1. The van der Waals surface area contributed by atoms with E-state index >= 15 is 0 Å². The van der Waals surface area contributed by atoms with Crippen molar-refractivity contribution in [3.63, 3.8) is 0 Å². The van der Waals surface area contributed by atoms with Crippen LogP contribution in [0.4, 0.5) is 4.39 Å². The van der Waals surface area contributed by atoms with Crippen LogP contribution < -0.4 is 0 Å². The summed E-state index contributed by atoms with van der Waals surface area (Å²) in [5, 5.41) is 0. The van der Waals surface area contributed by atoms with Crippen LogP contribution in [0.2, 0.25) is 0 Å². The molecule has 0 amide bonds. The molecule has 2 atom stereocenters. The van der Waals surface area contributed by atoms with Gasteiger partial charge in [0.15, 0.2) is 5.78 Å².